The highest BCUT2D eigenvalue weighted by Gasteiger charge is 2.14. The summed E-state index contributed by atoms with van der Waals surface area (Å²) in [6, 6.07) is 8.99. The van der Waals surface area contributed by atoms with E-state index >= 15 is 0 Å². The SMILES string of the molecule is CCCNC(Cc1ccccc1C)c1cnn(CCC)c1. The Morgan fingerprint density at radius 2 is 2.00 bits per heavy atom. The highest BCUT2D eigenvalue weighted by molar-refractivity contribution is 5.28. The summed E-state index contributed by atoms with van der Waals surface area (Å²) < 4.78 is 2.05. The molecule has 1 heterocycles. The van der Waals surface area contributed by atoms with Crippen LogP contribution >= 0.6 is 0 Å². The first-order valence-electron chi connectivity index (χ1n) is 8.04. The van der Waals surface area contributed by atoms with Crippen LogP contribution in [0.4, 0.5) is 0 Å². The first-order chi connectivity index (χ1) is 10.2. The molecular weight excluding hydrogens is 258 g/mol. The maximum absolute atomic E-state index is 4.48. The molecule has 3 heteroatoms. The summed E-state index contributed by atoms with van der Waals surface area (Å²) in [6.45, 7) is 8.60. The van der Waals surface area contributed by atoms with E-state index in [4.69, 9.17) is 0 Å². The van der Waals surface area contributed by atoms with Crippen molar-refractivity contribution in [3.63, 3.8) is 0 Å². The van der Waals surface area contributed by atoms with Gasteiger partial charge in [0.15, 0.2) is 0 Å². The fourth-order valence-electron chi connectivity index (χ4n) is 2.60. The Morgan fingerprint density at radius 3 is 2.71 bits per heavy atom. The monoisotopic (exact) mass is 285 g/mol. The van der Waals surface area contributed by atoms with Gasteiger partial charge in [-0.1, -0.05) is 38.1 Å². The lowest BCUT2D eigenvalue weighted by Crippen LogP contribution is -2.24. The maximum Gasteiger partial charge on any atom is 0.0537 e. The summed E-state index contributed by atoms with van der Waals surface area (Å²) in [5, 5.41) is 8.14. The average Bonchev–Trinajstić information content (AvgIpc) is 2.94. The van der Waals surface area contributed by atoms with Gasteiger partial charge in [0, 0.05) is 24.3 Å². The number of nitrogens with zero attached hydrogens (tertiary/aromatic N) is 2. The van der Waals surface area contributed by atoms with Crippen molar-refractivity contribution in [2.75, 3.05) is 6.54 Å². The van der Waals surface area contributed by atoms with E-state index in [0.29, 0.717) is 6.04 Å². The Labute approximate surface area is 128 Å². The van der Waals surface area contributed by atoms with E-state index in [-0.39, 0.29) is 0 Å². The Morgan fingerprint density at radius 1 is 1.19 bits per heavy atom. The predicted molar refractivity (Wildman–Crippen MR) is 88.4 cm³/mol. The second-order valence-corrected chi connectivity index (χ2v) is 5.67. The Bertz CT molecular complexity index is 545. The van der Waals surface area contributed by atoms with E-state index in [2.05, 4.69) is 61.6 Å². The van der Waals surface area contributed by atoms with E-state index in [1.807, 2.05) is 10.9 Å². The van der Waals surface area contributed by atoms with Crippen molar-refractivity contribution in [2.45, 2.75) is 52.6 Å². The summed E-state index contributed by atoms with van der Waals surface area (Å²) >= 11 is 0. The van der Waals surface area contributed by atoms with Gasteiger partial charge in [-0.3, -0.25) is 4.68 Å². The van der Waals surface area contributed by atoms with Crippen molar-refractivity contribution in [1.82, 2.24) is 15.1 Å². The second kappa shape index (κ2) is 7.99. The molecule has 0 aliphatic rings. The Balaban J connectivity index is 2.15. The highest BCUT2D eigenvalue weighted by atomic mass is 15.3. The summed E-state index contributed by atoms with van der Waals surface area (Å²) in [6.07, 6.45) is 7.49. The maximum atomic E-state index is 4.48. The molecule has 0 spiro atoms. The van der Waals surface area contributed by atoms with Crippen LogP contribution in [0.15, 0.2) is 36.7 Å². The van der Waals surface area contributed by atoms with Gasteiger partial charge in [-0.2, -0.15) is 5.10 Å². The lowest BCUT2D eigenvalue weighted by Gasteiger charge is -2.18. The Kier molecular flexibility index (Phi) is 6.00. The highest BCUT2D eigenvalue weighted by Crippen LogP contribution is 2.20. The molecule has 1 atom stereocenters. The number of hydrogen-bond donors (Lipinski definition) is 1. The first kappa shape index (κ1) is 15.8. The predicted octanol–water partition coefficient (Wildman–Crippen LogP) is 3.88. The molecule has 114 valence electrons. The number of rotatable bonds is 8. The van der Waals surface area contributed by atoms with Crippen LogP contribution in [-0.4, -0.2) is 16.3 Å². The van der Waals surface area contributed by atoms with Crippen LogP contribution in [-0.2, 0) is 13.0 Å². The van der Waals surface area contributed by atoms with Crippen LogP contribution in [0.2, 0.25) is 0 Å². The van der Waals surface area contributed by atoms with Gasteiger partial charge in [0.05, 0.1) is 6.20 Å². The number of nitrogens with one attached hydrogen (secondary N) is 1. The molecule has 1 aromatic heterocycles. The molecule has 0 saturated heterocycles. The van der Waals surface area contributed by atoms with E-state index in [9.17, 15) is 0 Å². The third kappa shape index (κ3) is 4.43. The molecule has 3 nitrogen and oxygen atoms in total. The third-order valence-electron chi connectivity index (χ3n) is 3.83. The molecule has 1 N–H and O–H groups in total. The zero-order chi connectivity index (χ0) is 15.1. The lowest BCUT2D eigenvalue weighted by atomic mass is 9.98. The molecule has 0 radical (unpaired) electrons. The van der Waals surface area contributed by atoms with Crippen molar-refractivity contribution in [3.05, 3.63) is 53.3 Å². The number of aromatic nitrogens is 2. The van der Waals surface area contributed by atoms with Gasteiger partial charge in [0.25, 0.3) is 0 Å². The van der Waals surface area contributed by atoms with Crippen LogP contribution in [0.5, 0.6) is 0 Å². The topological polar surface area (TPSA) is 29.9 Å². The van der Waals surface area contributed by atoms with Crippen LogP contribution < -0.4 is 5.32 Å². The standard InChI is InChI=1S/C18H27N3/c1-4-10-19-18(12-16-9-7-6-8-15(16)3)17-13-20-21(14-17)11-5-2/h6-9,13-14,18-19H,4-5,10-12H2,1-3H3. The van der Waals surface area contributed by atoms with E-state index in [1.165, 1.54) is 16.7 Å². The summed E-state index contributed by atoms with van der Waals surface area (Å²) in [5.74, 6) is 0. The molecule has 0 saturated carbocycles. The molecule has 0 fully saturated rings. The van der Waals surface area contributed by atoms with Crippen molar-refractivity contribution in [2.24, 2.45) is 0 Å². The fraction of sp³-hybridized carbons (Fsp3) is 0.500. The minimum atomic E-state index is 0.344. The van der Waals surface area contributed by atoms with Crippen LogP contribution in [0.25, 0.3) is 0 Å². The molecule has 0 aliphatic heterocycles. The minimum Gasteiger partial charge on any atom is -0.310 e. The van der Waals surface area contributed by atoms with Crippen molar-refractivity contribution in [3.8, 4) is 0 Å². The molecule has 1 aromatic carbocycles. The lowest BCUT2D eigenvalue weighted by molar-refractivity contribution is 0.526. The number of aryl methyl sites for hydroxylation is 2. The Hall–Kier alpha value is -1.61. The smallest absolute Gasteiger partial charge is 0.0537 e. The van der Waals surface area contributed by atoms with Crippen LogP contribution in [0.1, 0.15) is 49.4 Å². The van der Waals surface area contributed by atoms with Crippen molar-refractivity contribution < 1.29 is 0 Å². The van der Waals surface area contributed by atoms with Gasteiger partial charge >= 0.3 is 0 Å². The second-order valence-electron chi connectivity index (χ2n) is 5.67. The normalized spacial score (nSPS) is 12.5. The molecule has 0 amide bonds. The quantitative estimate of drug-likeness (QED) is 0.797. The minimum absolute atomic E-state index is 0.344. The van der Waals surface area contributed by atoms with Crippen LogP contribution in [0, 0.1) is 6.92 Å². The molecule has 2 rings (SSSR count). The van der Waals surface area contributed by atoms with Gasteiger partial charge in [-0.25, -0.2) is 0 Å². The van der Waals surface area contributed by atoms with Crippen LogP contribution in [0.3, 0.4) is 0 Å². The van der Waals surface area contributed by atoms with E-state index in [1.54, 1.807) is 0 Å². The van der Waals surface area contributed by atoms with Crippen molar-refractivity contribution >= 4 is 0 Å². The average molecular weight is 285 g/mol. The molecule has 1 unspecified atom stereocenters. The number of hydrogen-bond acceptors (Lipinski definition) is 2. The summed E-state index contributed by atoms with van der Waals surface area (Å²) in [4.78, 5) is 0. The van der Waals surface area contributed by atoms with Gasteiger partial charge < -0.3 is 5.32 Å². The summed E-state index contributed by atoms with van der Waals surface area (Å²) in [7, 11) is 0. The van der Waals surface area contributed by atoms with E-state index < -0.39 is 0 Å². The fourth-order valence-corrected chi connectivity index (χ4v) is 2.60. The van der Waals surface area contributed by atoms with Gasteiger partial charge in [0.2, 0.25) is 0 Å². The van der Waals surface area contributed by atoms with Crippen molar-refractivity contribution in [1.29, 1.82) is 0 Å². The van der Waals surface area contributed by atoms with E-state index in [0.717, 1.165) is 32.4 Å². The summed E-state index contributed by atoms with van der Waals surface area (Å²) in [5.41, 5.74) is 4.07. The largest absolute Gasteiger partial charge is 0.310 e. The molecular formula is C18H27N3. The first-order valence-corrected chi connectivity index (χ1v) is 8.04. The van der Waals surface area contributed by atoms with Gasteiger partial charge in [-0.05, 0) is 43.9 Å². The third-order valence-corrected chi connectivity index (χ3v) is 3.83. The molecule has 0 bridgehead atoms. The molecule has 0 aliphatic carbocycles. The zero-order valence-corrected chi connectivity index (χ0v) is 13.5. The zero-order valence-electron chi connectivity index (χ0n) is 13.5. The molecule has 21 heavy (non-hydrogen) atoms. The van der Waals surface area contributed by atoms with Gasteiger partial charge in [0.1, 0.15) is 0 Å². The molecule has 2 aromatic rings. The number of benzene rings is 1. The van der Waals surface area contributed by atoms with Gasteiger partial charge in [-0.15, -0.1) is 0 Å².